The molecule has 2 atom stereocenters. The van der Waals surface area contributed by atoms with Gasteiger partial charge in [0.2, 0.25) is 10.0 Å². The lowest BCUT2D eigenvalue weighted by Gasteiger charge is -2.33. The molecule has 0 spiro atoms. The molecule has 2 aromatic rings. The second-order valence-electron chi connectivity index (χ2n) is 8.40. The Balaban J connectivity index is 1.62. The van der Waals surface area contributed by atoms with Crippen molar-refractivity contribution in [3.05, 3.63) is 59.7 Å². The van der Waals surface area contributed by atoms with Crippen molar-refractivity contribution in [1.82, 2.24) is 5.32 Å². The van der Waals surface area contributed by atoms with Crippen molar-refractivity contribution in [3.8, 4) is 0 Å². The first-order valence-electron chi connectivity index (χ1n) is 10.9. The first kappa shape index (κ1) is 23.1. The number of anilines is 2. The SMILES string of the molecule is CCS(=O)(=O)N(C)c1ccc(C(=O)NC(C)c2ccc(N3CCCC(C)C3)cc2)cc1. The molecule has 1 N–H and O–H groups in total. The number of nitrogens with one attached hydrogen (secondary N) is 1. The molecule has 1 aliphatic rings. The number of rotatable bonds is 7. The Morgan fingerprint density at radius 2 is 1.81 bits per heavy atom. The number of hydrogen-bond acceptors (Lipinski definition) is 4. The van der Waals surface area contributed by atoms with Crippen molar-refractivity contribution in [3.63, 3.8) is 0 Å². The summed E-state index contributed by atoms with van der Waals surface area (Å²) in [6.07, 6.45) is 2.53. The molecule has 1 amide bonds. The number of amides is 1. The standard InChI is InChI=1S/C24H33N3O3S/c1-5-31(29,30)26(4)22-12-10-21(11-13-22)24(28)25-19(3)20-8-14-23(15-9-20)27-16-6-7-18(2)17-27/h8-15,18-19H,5-7,16-17H2,1-4H3,(H,25,28). The molecule has 0 radical (unpaired) electrons. The van der Waals surface area contributed by atoms with Gasteiger partial charge < -0.3 is 10.2 Å². The summed E-state index contributed by atoms with van der Waals surface area (Å²) in [4.78, 5) is 15.1. The molecule has 0 bridgehead atoms. The summed E-state index contributed by atoms with van der Waals surface area (Å²) < 4.78 is 25.2. The molecule has 2 unspecified atom stereocenters. The third kappa shape index (κ3) is 5.58. The van der Waals surface area contributed by atoms with E-state index < -0.39 is 10.0 Å². The second kappa shape index (κ2) is 9.73. The topological polar surface area (TPSA) is 69.7 Å². The zero-order valence-electron chi connectivity index (χ0n) is 18.8. The maximum absolute atomic E-state index is 12.7. The van der Waals surface area contributed by atoms with Crippen molar-refractivity contribution in [2.45, 2.75) is 39.7 Å². The highest BCUT2D eigenvalue weighted by molar-refractivity contribution is 7.92. The average Bonchev–Trinajstić information content (AvgIpc) is 2.78. The number of piperidine rings is 1. The van der Waals surface area contributed by atoms with E-state index in [-0.39, 0.29) is 17.7 Å². The van der Waals surface area contributed by atoms with E-state index >= 15 is 0 Å². The molecule has 1 fully saturated rings. The molecule has 2 aromatic carbocycles. The largest absolute Gasteiger partial charge is 0.371 e. The highest BCUT2D eigenvalue weighted by Crippen LogP contribution is 2.25. The van der Waals surface area contributed by atoms with Crippen LogP contribution >= 0.6 is 0 Å². The van der Waals surface area contributed by atoms with Crippen LogP contribution in [0.1, 0.15) is 55.6 Å². The second-order valence-corrected chi connectivity index (χ2v) is 10.7. The van der Waals surface area contributed by atoms with Gasteiger partial charge in [-0.15, -0.1) is 0 Å². The predicted molar refractivity (Wildman–Crippen MR) is 127 cm³/mol. The van der Waals surface area contributed by atoms with E-state index in [0.717, 1.165) is 24.6 Å². The molecule has 0 aromatic heterocycles. The van der Waals surface area contributed by atoms with Crippen molar-refractivity contribution in [1.29, 1.82) is 0 Å². The molecule has 6 nitrogen and oxygen atoms in total. The Kier molecular flexibility index (Phi) is 7.26. The van der Waals surface area contributed by atoms with Crippen LogP contribution in [0.4, 0.5) is 11.4 Å². The van der Waals surface area contributed by atoms with Crippen LogP contribution in [0.15, 0.2) is 48.5 Å². The summed E-state index contributed by atoms with van der Waals surface area (Å²) in [5, 5.41) is 3.02. The summed E-state index contributed by atoms with van der Waals surface area (Å²) in [6, 6.07) is 14.9. The molecule has 3 rings (SSSR count). The number of sulfonamides is 1. The highest BCUT2D eigenvalue weighted by Gasteiger charge is 2.18. The minimum Gasteiger partial charge on any atom is -0.371 e. The summed E-state index contributed by atoms with van der Waals surface area (Å²) in [6.45, 7) is 8.06. The fourth-order valence-corrected chi connectivity index (χ4v) is 4.77. The van der Waals surface area contributed by atoms with E-state index in [0.29, 0.717) is 11.3 Å². The summed E-state index contributed by atoms with van der Waals surface area (Å²) in [5.41, 5.74) is 3.31. The zero-order valence-corrected chi connectivity index (χ0v) is 19.7. The maximum atomic E-state index is 12.7. The maximum Gasteiger partial charge on any atom is 0.251 e. The van der Waals surface area contributed by atoms with Crippen molar-refractivity contribution in [2.24, 2.45) is 5.92 Å². The molecule has 1 heterocycles. The normalized spacial score (nSPS) is 17.8. The molecule has 0 aliphatic carbocycles. The molecular weight excluding hydrogens is 410 g/mol. The van der Waals surface area contributed by atoms with Gasteiger partial charge in [0.15, 0.2) is 0 Å². The van der Waals surface area contributed by atoms with E-state index in [9.17, 15) is 13.2 Å². The monoisotopic (exact) mass is 443 g/mol. The van der Waals surface area contributed by atoms with Gasteiger partial charge in [0.1, 0.15) is 0 Å². The Hall–Kier alpha value is -2.54. The lowest BCUT2D eigenvalue weighted by molar-refractivity contribution is 0.0940. The predicted octanol–water partition coefficient (Wildman–Crippen LogP) is 4.20. The highest BCUT2D eigenvalue weighted by atomic mass is 32.2. The number of nitrogens with zero attached hydrogens (tertiary/aromatic N) is 2. The van der Waals surface area contributed by atoms with Crippen LogP contribution in [0.5, 0.6) is 0 Å². The average molecular weight is 444 g/mol. The van der Waals surface area contributed by atoms with Gasteiger partial charge in [0.25, 0.3) is 5.91 Å². The van der Waals surface area contributed by atoms with Crippen LogP contribution in [0.3, 0.4) is 0 Å². The van der Waals surface area contributed by atoms with Crippen LogP contribution in [-0.2, 0) is 10.0 Å². The Morgan fingerprint density at radius 1 is 1.16 bits per heavy atom. The third-order valence-electron chi connectivity index (χ3n) is 6.04. The van der Waals surface area contributed by atoms with Gasteiger partial charge in [-0.1, -0.05) is 19.1 Å². The van der Waals surface area contributed by atoms with Crippen molar-refractivity contribution >= 4 is 27.3 Å². The summed E-state index contributed by atoms with van der Waals surface area (Å²) >= 11 is 0. The number of benzene rings is 2. The minimum atomic E-state index is -3.33. The molecule has 168 valence electrons. The van der Waals surface area contributed by atoms with Crippen LogP contribution < -0.4 is 14.5 Å². The van der Waals surface area contributed by atoms with E-state index in [4.69, 9.17) is 0 Å². The first-order chi connectivity index (χ1) is 14.7. The van der Waals surface area contributed by atoms with E-state index in [1.165, 1.54) is 29.9 Å². The minimum absolute atomic E-state index is 0.0266. The van der Waals surface area contributed by atoms with Crippen LogP contribution in [0.25, 0.3) is 0 Å². The molecule has 1 aliphatic heterocycles. The van der Waals surface area contributed by atoms with E-state index in [1.807, 2.05) is 6.92 Å². The van der Waals surface area contributed by atoms with Gasteiger partial charge in [-0.05, 0) is 74.6 Å². The van der Waals surface area contributed by atoms with E-state index in [2.05, 4.69) is 41.4 Å². The first-order valence-corrected chi connectivity index (χ1v) is 12.5. The smallest absolute Gasteiger partial charge is 0.251 e. The number of carbonyl (C=O) groups is 1. The van der Waals surface area contributed by atoms with Gasteiger partial charge >= 0.3 is 0 Å². The number of carbonyl (C=O) groups excluding carboxylic acids is 1. The van der Waals surface area contributed by atoms with Crippen LogP contribution in [0, 0.1) is 5.92 Å². The van der Waals surface area contributed by atoms with Gasteiger partial charge in [-0.25, -0.2) is 8.42 Å². The van der Waals surface area contributed by atoms with Gasteiger partial charge in [-0.3, -0.25) is 9.10 Å². The fourth-order valence-electron chi connectivity index (χ4n) is 3.94. The van der Waals surface area contributed by atoms with Gasteiger partial charge in [-0.2, -0.15) is 0 Å². The van der Waals surface area contributed by atoms with Crippen molar-refractivity contribution < 1.29 is 13.2 Å². The zero-order chi connectivity index (χ0) is 22.6. The van der Waals surface area contributed by atoms with E-state index in [1.54, 1.807) is 31.2 Å². The van der Waals surface area contributed by atoms with Gasteiger partial charge in [0.05, 0.1) is 17.5 Å². The Labute approximate surface area is 186 Å². The molecule has 31 heavy (non-hydrogen) atoms. The lowest BCUT2D eigenvalue weighted by Crippen LogP contribution is -2.34. The Morgan fingerprint density at radius 3 is 2.39 bits per heavy atom. The Bertz CT molecular complexity index is 988. The van der Waals surface area contributed by atoms with Crippen LogP contribution in [0.2, 0.25) is 0 Å². The molecular formula is C24H33N3O3S. The molecule has 7 heteroatoms. The summed E-state index contributed by atoms with van der Waals surface area (Å²) in [7, 11) is -1.81. The van der Waals surface area contributed by atoms with Crippen molar-refractivity contribution in [2.75, 3.05) is 35.1 Å². The van der Waals surface area contributed by atoms with Gasteiger partial charge in [0, 0.05) is 31.4 Å². The molecule has 1 saturated heterocycles. The van der Waals surface area contributed by atoms with Crippen LogP contribution in [-0.4, -0.2) is 40.2 Å². The molecule has 0 saturated carbocycles. The fraction of sp³-hybridized carbons (Fsp3) is 0.458. The summed E-state index contributed by atoms with van der Waals surface area (Å²) in [5.74, 6) is 0.563. The number of hydrogen-bond donors (Lipinski definition) is 1. The lowest BCUT2D eigenvalue weighted by atomic mass is 9.99. The third-order valence-corrected chi connectivity index (χ3v) is 7.81. The quantitative estimate of drug-likeness (QED) is 0.696.